The Morgan fingerprint density at radius 3 is 2.42 bits per heavy atom. The largest absolute Gasteiger partial charge is 0.467 e. The summed E-state index contributed by atoms with van der Waals surface area (Å²) in [6, 6.07) is 6.21. The van der Waals surface area contributed by atoms with Crippen molar-refractivity contribution in [3.63, 3.8) is 0 Å². The average molecular weight is 976 g/mol. The van der Waals surface area contributed by atoms with Gasteiger partial charge >= 0.3 is 19.5 Å². The summed E-state index contributed by atoms with van der Waals surface area (Å²) < 4.78 is 43.4. The van der Waals surface area contributed by atoms with Crippen LogP contribution in [0.15, 0.2) is 59.8 Å². The van der Waals surface area contributed by atoms with Crippen molar-refractivity contribution in [2.75, 3.05) is 72.9 Å². The number of H-pyrrole nitrogens is 1. The average Bonchev–Trinajstić information content (AvgIpc) is 4.01. The Bertz CT molecular complexity index is 2500. The van der Waals surface area contributed by atoms with E-state index in [2.05, 4.69) is 32.2 Å². The van der Waals surface area contributed by atoms with Crippen LogP contribution in [0.1, 0.15) is 78.0 Å². The van der Waals surface area contributed by atoms with E-state index in [0.29, 0.717) is 88.2 Å². The number of nitrogens with zero attached hydrogens (tertiary/aromatic N) is 3. The number of ether oxygens (including phenoxy) is 3. The molecule has 2 aliphatic carbocycles. The lowest BCUT2D eigenvalue weighted by Crippen LogP contribution is -2.80. The van der Waals surface area contributed by atoms with E-state index in [1.165, 1.54) is 18.9 Å². The second-order valence-electron chi connectivity index (χ2n) is 20.4. The van der Waals surface area contributed by atoms with E-state index in [0.717, 1.165) is 16.5 Å². The number of fused-ring (bicyclic) bond motifs is 6. The van der Waals surface area contributed by atoms with E-state index in [4.69, 9.17) is 23.3 Å². The first kappa shape index (κ1) is 49.8. The zero-order valence-corrected chi connectivity index (χ0v) is 41.9. The summed E-state index contributed by atoms with van der Waals surface area (Å²) in [6.07, 6.45) is 8.64. The summed E-state index contributed by atoms with van der Waals surface area (Å²) in [6.45, 7) is 11.8. The molecule has 0 radical (unpaired) electrons. The summed E-state index contributed by atoms with van der Waals surface area (Å²) in [5.74, 6) is -3.10. The third-order valence-corrected chi connectivity index (χ3v) is 19.2. The molecule has 2 aromatic rings. The Labute approximate surface area is 404 Å². The van der Waals surface area contributed by atoms with Crippen LogP contribution < -0.4 is 5.32 Å². The molecular weight excluding hydrogens is 906 g/mol. The summed E-state index contributed by atoms with van der Waals surface area (Å²) in [5, 5.41) is 29.9. The first-order valence-corrected chi connectivity index (χ1v) is 26.6. The second-order valence-corrected chi connectivity index (χ2v) is 22.6. The third-order valence-electron chi connectivity index (χ3n) is 17.1. The lowest BCUT2D eigenvalue weighted by molar-refractivity contribution is -0.242. The molecule has 3 saturated heterocycles. The summed E-state index contributed by atoms with van der Waals surface area (Å²) in [7, 11) is -0.858. The standard InChI is InChI=1S/C51H70N5O12P/c1-8-47(61)27-33-28-50(45(59)52-20-24-69(63,66-10-3)67-11-4,41-35(17-22-54(29-33)30-47)34-15-12-13-16-38(34)53-41)37-25-36-39(26-40(37)64-6)56(31-57)43-49(36)19-23-55-21-14-18-48(9-2,42(49)55)44(68-32(5)58)51(43,62)46(60)65-7/h12-16,18,25-26,31,33,37,40,42-44,53,61-62H,8-11,17,19-24,27-30H2,1-7H3,(H,52,59)/t33-,37?,40?,42-,43+,44+,47-,48+,49+,50-,51-/m0/s1. The van der Waals surface area contributed by atoms with E-state index in [1.54, 1.807) is 21.0 Å². The molecule has 1 spiro atoms. The Hall–Kier alpha value is -4.19. The maximum absolute atomic E-state index is 16.3. The Morgan fingerprint density at radius 2 is 1.75 bits per heavy atom. The van der Waals surface area contributed by atoms with Crippen molar-refractivity contribution in [3.05, 3.63) is 71.1 Å². The van der Waals surface area contributed by atoms with Gasteiger partial charge in [0.15, 0.2) is 6.10 Å². The molecule has 2 amide bonds. The zero-order valence-electron chi connectivity index (χ0n) is 41.0. The van der Waals surface area contributed by atoms with Crippen LogP contribution in [0.2, 0.25) is 0 Å². The molecule has 1 aromatic heterocycles. The molecule has 12 atom stereocenters. The molecule has 69 heavy (non-hydrogen) atoms. The number of nitrogens with one attached hydrogen (secondary N) is 2. The van der Waals surface area contributed by atoms with Gasteiger partial charge in [-0.1, -0.05) is 50.3 Å². The van der Waals surface area contributed by atoms with Gasteiger partial charge < -0.3 is 48.7 Å². The number of para-hydroxylation sites is 1. The molecule has 18 heteroatoms. The molecule has 9 rings (SSSR count). The van der Waals surface area contributed by atoms with Gasteiger partial charge in [0.25, 0.3) is 0 Å². The first-order chi connectivity index (χ1) is 33.0. The van der Waals surface area contributed by atoms with Crippen LogP contribution in [-0.2, 0) is 58.8 Å². The minimum absolute atomic E-state index is 0.0395. The van der Waals surface area contributed by atoms with Crippen molar-refractivity contribution in [2.45, 2.75) is 114 Å². The number of methoxy groups -OCH3 is 2. The van der Waals surface area contributed by atoms with Crippen molar-refractivity contribution >= 4 is 42.8 Å². The van der Waals surface area contributed by atoms with Crippen LogP contribution in [0.3, 0.4) is 0 Å². The molecule has 3 unspecified atom stereocenters. The van der Waals surface area contributed by atoms with E-state index in [9.17, 15) is 29.2 Å². The van der Waals surface area contributed by atoms with Gasteiger partial charge in [-0.3, -0.25) is 28.7 Å². The predicted octanol–water partition coefficient (Wildman–Crippen LogP) is 4.37. The number of hydrogen-bond donors (Lipinski definition) is 4. The van der Waals surface area contributed by atoms with Gasteiger partial charge in [0, 0.05) is 91.8 Å². The van der Waals surface area contributed by atoms with Crippen LogP contribution in [-0.4, -0.2) is 163 Å². The normalized spacial score (nSPS) is 36.9. The fraction of sp³-hybridized carbons (Fsp3) is 0.647. The van der Waals surface area contributed by atoms with Crippen LogP contribution in [0.4, 0.5) is 0 Å². The molecule has 4 fully saturated rings. The van der Waals surface area contributed by atoms with Crippen molar-refractivity contribution in [1.29, 1.82) is 0 Å². The fourth-order valence-corrected chi connectivity index (χ4v) is 16.2. The van der Waals surface area contributed by atoms with Gasteiger partial charge in [0.2, 0.25) is 17.9 Å². The number of aliphatic hydroxyl groups is 2. The fourth-order valence-electron chi connectivity index (χ4n) is 14.7. The lowest BCUT2D eigenvalue weighted by atomic mass is 9.47. The van der Waals surface area contributed by atoms with Crippen LogP contribution in [0.5, 0.6) is 0 Å². The Balaban J connectivity index is 1.32. The summed E-state index contributed by atoms with van der Waals surface area (Å²) in [5.41, 5.74) is -3.76. The maximum atomic E-state index is 16.3. The minimum Gasteiger partial charge on any atom is -0.467 e. The number of amides is 2. The lowest BCUT2D eigenvalue weighted by Gasteiger charge is -2.63. The molecule has 1 saturated carbocycles. The molecule has 2 bridgehead atoms. The highest BCUT2D eigenvalue weighted by Crippen LogP contribution is 2.70. The van der Waals surface area contributed by atoms with Gasteiger partial charge in [-0.2, -0.15) is 0 Å². The monoisotopic (exact) mass is 975 g/mol. The molecular formula is C51H70N5O12P. The van der Waals surface area contributed by atoms with E-state index in [-0.39, 0.29) is 44.2 Å². The van der Waals surface area contributed by atoms with E-state index in [1.807, 2.05) is 50.3 Å². The van der Waals surface area contributed by atoms with Gasteiger partial charge in [-0.05, 0) is 88.1 Å². The number of benzene rings is 1. The molecule has 7 aliphatic rings. The highest BCUT2D eigenvalue weighted by atomic mass is 31.2. The smallest absolute Gasteiger partial charge is 0.344 e. The number of hydrogen-bond acceptors (Lipinski definition) is 14. The van der Waals surface area contributed by atoms with Gasteiger partial charge in [0.05, 0.1) is 49.6 Å². The number of aromatic nitrogens is 1. The number of aromatic amines is 1. The Morgan fingerprint density at radius 1 is 1.00 bits per heavy atom. The van der Waals surface area contributed by atoms with Crippen molar-refractivity contribution in [1.82, 2.24) is 25.0 Å². The van der Waals surface area contributed by atoms with Crippen LogP contribution in [0, 0.1) is 22.7 Å². The predicted molar refractivity (Wildman–Crippen MR) is 256 cm³/mol. The number of likely N-dealkylation sites (tertiary alicyclic amines) is 1. The number of piperidine rings is 1. The maximum Gasteiger partial charge on any atom is 0.344 e. The molecule has 376 valence electrons. The highest BCUT2D eigenvalue weighted by Gasteiger charge is 2.82. The Kier molecular flexibility index (Phi) is 13.3. The van der Waals surface area contributed by atoms with E-state index >= 15 is 4.79 Å². The minimum atomic E-state index is -3.60. The molecule has 6 heterocycles. The molecule has 5 aliphatic heterocycles. The van der Waals surface area contributed by atoms with E-state index < -0.39 is 77.2 Å². The molecule has 17 nitrogen and oxygen atoms in total. The SMILES string of the molecule is CCOP(=O)(CCNC(=O)[C@]1(C2C=C3C(=CC2OC)N(C=O)[C@H]2[C@@](O)(C(=O)OC)[C@H](OC(C)=O)[C@]4(CC)C=CCN5CC[C@]32[C@@H]54)C[C@H]2CN(CCc3c1[nH]c1ccccc31)C[C@](O)(CC)C2)OCC. The number of carbonyl (C=O) groups excluding carboxylic acids is 4. The molecule has 1 aromatic carbocycles. The third kappa shape index (κ3) is 7.46. The number of rotatable bonds is 15. The van der Waals surface area contributed by atoms with Crippen LogP contribution in [0.25, 0.3) is 10.9 Å². The van der Waals surface area contributed by atoms with Crippen molar-refractivity contribution in [2.24, 2.45) is 22.7 Å². The topological polar surface area (TPSA) is 209 Å². The number of allylic oxidation sites excluding steroid dienone is 1. The van der Waals surface area contributed by atoms with Crippen molar-refractivity contribution in [3.8, 4) is 0 Å². The second kappa shape index (κ2) is 18.4. The van der Waals surface area contributed by atoms with Gasteiger partial charge in [-0.25, -0.2) is 4.79 Å². The van der Waals surface area contributed by atoms with Gasteiger partial charge in [-0.15, -0.1) is 0 Å². The number of esters is 2. The zero-order chi connectivity index (χ0) is 49.3. The summed E-state index contributed by atoms with van der Waals surface area (Å²) in [4.78, 5) is 67.8. The van der Waals surface area contributed by atoms with Gasteiger partial charge in [0.1, 0.15) is 0 Å². The quantitative estimate of drug-likeness (QED) is 0.0847. The van der Waals surface area contributed by atoms with Crippen LogP contribution >= 0.6 is 7.60 Å². The number of carbonyl (C=O) groups is 4. The van der Waals surface area contributed by atoms with Crippen molar-refractivity contribution < 1.29 is 57.2 Å². The molecule has 4 N–H and O–H groups in total. The summed E-state index contributed by atoms with van der Waals surface area (Å²) >= 11 is 0. The first-order valence-electron chi connectivity index (χ1n) is 24.8. The highest BCUT2D eigenvalue weighted by molar-refractivity contribution is 7.53.